The molecule has 0 aliphatic heterocycles. The minimum Gasteiger partial charge on any atom is -0.496 e. The van der Waals surface area contributed by atoms with Crippen molar-refractivity contribution in [2.24, 2.45) is 5.41 Å². The summed E-state index contributed by atoms with van der Waals surface area (Å²) in [6.07, 6.45) is 6.80. The van der Waals surface area contributed by atoms with Crippen LogP contribution in [0.1, 0.15) is 44.6 Å². The lowest BCUT2D eigenvalue weighted by atomic mass is 9.76. The third-order valence-corrected chi connectivity index (χ3v) is 4.56. The van der Waals surface area contributed by atoms with Gasteiger partial charge in [0, 0.05) is 23.7 Å². The minimum atomic E-state index is 0.451. The Morgan fingerprint density at radius 2 is 2.00 bits per heavy atom. The number of benzene rings is 1. The number of nitrogens with one attached hydrogen (secondary N) is 1. The molecule has 1 aliphatic carbocycles. The molecule has 0 bridgehead atoms. The third-order valence-electron chi connectivity index (χ3n) is 4.21. The topological polar surface area (TPSA) is 21.3 Å². The average Bonchev–Trinajstić information content (AvgIpc) is 2.41. The van der Waals surface area contributed by atoms with E-state index >= 15 is 0 Å². The molecule has 2 nitrogen and oxygen atoms in total. The van der Waals surface area contributed by atoms with Crippen molar-refractivity contribution in [3.63, 3.8) is 0 Å². The van der Waals surface area contributed by atoms with Gasteiger partial charge in [-0.25, -0.2) is 0 Å². The lowest BCUT2D eigenvalue weighted by Gasteiger charge is -2.34. The van der Waals surface area contributed by atoms with Crippen LogP contribution in [0.5, 0.6) is 5.75 Å². The van der Waals surface area contributed by atoms with Crippen molar-refractivity contribution in [3.8, 4) is 5.75 Å². The standard InChI is InChI=1S/C16H24ClNO/c1-16(9-4-3-5-10-16)12-18-11-13-14(17)7-6-8-15(13)19-2/h6-8,18H,3-5,9-12H2,1-2H3. The molecule has 1 aromatic rings. The van der Waals surface area contributed by atoms with Crippen LogP contribution in [-0.2, 0) is 6.54 Å². The normalized spacial score (nSPS) is 18.3. The molecule has 0 heterocycles. The highest BCUT2D eigenvalue weighted by Gasteiger charge is 2.26. The number of rotatable bonds is 5. The second kappa shape index (κ2) is 6.62. The fraction of sp³-hybridized carbons (Fsp3) is 0.625. The lowest BCUT2D eigenvalue weighted by Crippen LogP contribution is -2.33. The van der Waals surface area contributed by atoms with Gasteiger partial charge in [-0.2, -0.15) is 0 Å². The van der Waals surface area contributed by atoms with Crippen LogP contribution in [-0.4, -0.2) is 13.7 Å². The number of methoxy groups -OCH3 is 1. The lowest BCUT2D eigenvalue weighted by molar-refractivity contribution is 0.207. The van der Waals surface area contributed by atoms with Gasteiger partial charge in [-0.05, 0) is 30.4 Å². The Kier molecular flexibility index (Phi) is 5.12. The van der Waals surface area contributed by atoms with Crippen molar-refractivity contribution in [3.05, 3.63) is 28.8 Å². The Hall–Kier alpha value is -0.730. The minimum absolute atomic E-state index is 0.451. The molecular formula is C16H24ClNO. The Morgan fingerprint density at radius 1 is 1.26 bits per heavy atom. The number of hydrogen-bond acceptors (Lipinski definition) is 2. The molecule has 1 aliphatic rings. The molecule has 0 spiro atoms. The number of hydrogen-bond donors (Lipinski definition) is 1. The van der Waals surface area contributed by atoms with Crippen molar-refractivity contribution in [2.75, 3.05) is 13.7 Å². The number of halogens is 1. The van der Waals surface area contributed by atoms with Crippen LogP contribution in [0.4, 0.5) is 0 Å². The molecule has 1 N–H and O–H groups in total. The van der Waals surface area contributed by atoms with Gasteiger partial charge in [-0.1, -0.05) is 43.9 Å². The maximum atomic E-state index is 6.24. The van der Waals surface area contributed by atoms with E-state index < -0.39 is 0 Å². The molecule has 3 heteroatoms. The molecule has 1 aromatic carbocycles. The first-order chi connectivity index (χ1) is 9.14. The monoisotopic (exact) mass is 281 g/mol. The van der Waals surface area contributed by atoms with Crippen molar-refractivity contribution in [2.45, 2.75) is 45.6 Å². The van der Waals surface area contributed by atoms with Crippen LogP contribution < -0.4 is 10.1 Å². The quantitative estimate of drug-likeness (QED) is 0.863. The molecule has 0 amide bonds. The smallest absolute Gasteiger partial charge is 0.124 e. The molecule has 2 rings (SSSR count). The predicted octanol–water partition coefficient (Wildman–Crippen LogP) is 4.41. The van der Waals surface area contributed by atoms with Crippen LogP contribution in [0, 0.1) is 5.41 Å². The summed E-state index contributed by atoms with van der Waals surface area (Å²) in [7, 11) is 1.69. The van der Waals surface area contributed by atoms with Gasteiger partial charge in [0.15, 0.2) is 0 Å². The van der Waals surface area contributed by atoms with Gasteiger partial charge < -0.3 is 10.1 Å². The van der Waals surface area contributed by atoms with E-state index in [1.54, 1.807) is 7.11 Å². The fourth-order valence-electron chi connectivity index (χ4n) is 2.97. The van der Waals surface area contributed by atoms with E-state index in [0.29, 0.717) is 5.41 Å². The molecule has 19 heavy (non-hydrogen) atoms. The molecule has 1 saturated carbocycles. The van der Waals surface area contributed by atoms with Crippen molar-refractivity contribution in [1.29, 1.82) is 0 Å². The first-order valence-electron chi connectivity index (χ1n) is 7.17. The van der Waals surface area contributed by atoms with E-state index in [0.717, 1.165) is 29.4 Å². The first-order valence-corrected chi connectivity index (χ1v) is 7.54. The van der Waals surface area contributed by atoms with E-state index in [1.807, 2.05) is 18.2 Å². The van der Waals surface area contributed by atoms with Crippen molar-refractivity contribution >= 4 is 11.6 Å². The zero-order chi connectivity index (χ0) is 13.7. The second-order valence-electron chi connectivity index (χ2n) is 5.90. The zero-order valence-electron chi connectivity index (χ0n) is 12.0. The Bertz CT molecular complexity index is 413. The molecule has 0 atom stereocenters. The Labute approximate surface area is 121 Å². The van der Waals surface area contributed by atoms with Gasteiger partial charge in [0.2, 0.25) is 0 Å². The van der Waals surface area contributed by atoms with E-state index in [4.69, 9.17) is 16.3 Å². The molecular weight excluding hydrogens is 258 g/mol. The van der Waals surface area contributed by atoms with Gasteiger partial charge in [0.05, 0.1) is 7.11 Å². The molecule has 0 aromatic heterocycles. The summed E-state index contributed by atoms with van der Waals surface area (Å²) in [5.41, 5.74) is 1.51. The Balaban J connectivity index is 1.92. The van der Waals surface area contributed by atoms with E-state index in [-0.39, 0.29) is 0 Å². The van der Waals surface area contributed by atoms with Gasteiger partial charge in [-0.3, -0.25) is 0 Å². The van der Waals surface area contributed by atoms with Crippen LogP contribution in [0.25, 0.3) is 0 Å². The van der Waals surface area contributed by atoms with E-state index in [9.17, 15) is 0 Å². The third kappa shape index (κ3) is 3.87. The average molecular weight is 282 g/mol. The first kappa shape index (κ1) is 14.7. The molecule has 1 fully saturated rings. The summed E-state index contributed by atoms with van der Waals surface area (Å²) in [5.74, 6) is 0.869. The summed E-state index contributed by atoms with van der Waals surface area (Å²) in [4.78, 5) is 0. The fourth-order valence-corrected chi connectivity index (χ4v) is 3.21. The van der Waals surface area contributed by atoms with Gasteiger partial charge >= 0.3 is 0 Å². The van der Waals surface area contributed by atoms with Gasteiger partial charge in [0.1, 0.15) is 5.75 Å². The number of ether oxygens (including phenoxy) is 1. The maximum Gasteiger partial charge on any atom is 0.124 e. The summed E-state index contributed by atoms with van der Waals surface area (Å²) < 4.78 is 5.37. The van der Waals surface area contributed by atoms with E-state index in [1.165, 1.54) is 32.1 Å². The van der Waals surface area contributed by atoms with Crippen LogP contribution in [0.15, 0.2) is 18.2 Å². The van der Waals surface area contributed by atoms with Gasteiger partial charge in [-0.15, -0.1) is 0 Å². The Morgan fingerprint density at radius 3 is 2.68 bits per heavy atom. The summed E-state index contributed by atoms with van der Waals surface area (Å²) in [5, 5.41) is 4.34. The van der Waals surface area contributed by atoms with Crippen LogP contribution in [0.2, 0.25) is 5.02 Å². The highest BCUT2D eigenvalue weighted by atomic mass is 35.5. The van der Waals surface area contributed by atoms with Crippen molar-refractivity contribution in [1.82, 2.24) is 5.32 Å². The summed E-state index contributed by atoms with van der Waals surface area (Å²) in [6.45, 7) is 4.23. The van der Waals surface area contributed by atoms with E-state index in [2.05, 4.69) is 12.2 Å². The van der Waals surface area contributed by atoms with Crippen LogP contribution >= 0.6 is 11.6 Å². The zero-order valence-corrected chi connectivity index (χ0v) is 12.7. The molecule has 0 saturated heterocycles. The van der Waals surface area contributed by atoms with Crippen LogP contribution in [0.3, 0.4) is 0 Å². The highest BCUT2D eigenvalue weighted by Crippen LogP contribution is 2.35. The van der Waals surface area contributed by atoms with Crippen molar-refractivity contribution < 1.29 is 4.74 Å². The largest absolute Gasteiger partial charge is 0.496 e. The maximum absolute atomic E-state index is 6.24. The molecule has 0 unspecified atom stereocenters. The molecule has 0 radical (unpaired) electrons. The second-order valence-corrected chi connectivity index (χ2v) is 6.30. The summed E-state index contributed by atoms with van der Waals surface area (Å²) >= 11 is 6.24. The predicted molar refractivity (Wildman–Crippen MR) is 80.9 cm³/mol. The van der Waals surface area contributed by atoms with Gasteiger partial charge in [0.25, 0.3) is 0 Å². The highest BCUT2D eigenvalue weighted by molar-refractivity contribution is 6.31. The SMILES string of the molecule is COc1cccc(Cl)c1CNCC1(C)CCCCC1. The summed E-state index contributed by atoms with van der Waals surface area (Å²) in [6, 6.07) is 5.81. The molecule has 106 valence electrons.